The van der Waals surface area contributed by atoms with Crippen molar-refractivity contribution in [2.75, 3.05) is 19.6 Å². The molecule has 0 radical (unpaired) electrons. The first-order chi connectivity index (χ1) is 6.90. The van der Waals surface area contributed by atoms with E-state index in [1.54, 1.807) is 0 Å². The molecule has 0 atom stereocenters. The summed E-state index contributed by atoms with van der Waals surface area (Å²) in [6.07, 6.45) is 0. The van der Waals surface area contributed by atoms with Crippen LogP contribution < -0.4 is 5.32 Å². The summed E-state index contributed by atoms with van der Waals surface area (Å²) >= 11 is 0. The van der Waals surface area contributed by atoms with Crippen LogP contribution in [0.4, 0.5) is 0 Å². The van der Waals surface area contributed by atoms with Gasteiger partial charge >= 0.3 is 0 Å². The lowest BCUT2D eigenvalue weighted by Crippen LogP contribution is -2.34. The molecule has 0 unspecified atom stereocenters. The van der Waals surface area contributed by atoms with E-state index in [-0.39, 0.29) is 0 Å². The number of benzene rings is 1. The zero-order valence-corrected chi connectivity index (χ0v) is 8.79. The minimum Gasteiger partial charge on any atom is -0.311 e. The van der Waals surface area contributed by atoms with Crippen LogP contribution in [0.25, 0.3) is 0 Å². The van der Waals surface area contributed by atoms with Gasteiger partial charge in [0.15, 0.2) is 0 Å². The fourth-order valence-corrected chi connectivity index (χ4v) is 1.93. The third-order valence-electron chi connectivity index (χ3n) is 2.88. The van der Waals surface area contributed by atoms with Crippen molar-refractivity contribution >= 4 is 0 Å². The van der Waals surface area contributed by atoms with Gasteiger partial charge in [0.25, 0.3) is 0 Å². The van der Waals surface area contributed by atoms with E-state index >= 15 is 0 Å². The first-order valence-corrected chi connectivity index (χ1v) is 5.40. The van der Waals surface area contributed by atoms with E-state index in [0.29, 0.717) is 0 Å². The Morgan fingerprint density at radius 2 is 2.07 bits per heavy atom. The van der Waals surface area contributed by atoms with Crippen LogP contribution in [0.3, 0.4) is 0 Å². The van der Waals surface area contributed by atoms with E-state index in [4.69, 9.17) is 0 Å². The normalized spacial score (nSPS) is 18.4. The lowest BCUT2D eigenvalue weighted by molar-refractivity contribution is 0.272. The lowest BCUT2D eigenvalue weighted by Gasteiger charge is -2.25. The molecule has 2 heteroatoms. The van der Waals surface area contributed by atoms with E-state index in [0.717, 1.165) is 32.7 Å². The van der Waals surface area contributed by atoms with Gasteiger partial charge in [0, 0.05) is 26.2 Å². The molecule has 1 aromatic rings. The Morgan fingerprint density at radius 1 is 1.29 bits per heavy atom. The largest absolute Gasteiger partial charge is 0.311 e. The highest BCUT2D eigenvalue weighted by atomic mass is 15.1. The predicted molar refractivity (Wildman–Crippen MR) is 59.1 cm³/mol. The predicted octanol–water partition coefficient (Wildman–Crippen LogP) is 1.61. The molecule has 14 heavy (non-hydrogen) atoms. The fraction of sp³-hybridized carbons (Fsp3) is 0.500. The van der Waals surface area contributed by atoms with E-state index in [9.17, 15) is 0 Å². The van der Waals surface area contributed by atoms with Gasteiger partial charge in [0.2, 0.25) is 0 Å². The molecule has 1 aliphatic heterocycles. The summed E-state index contributed by atoms with van der Waals surface area (Å²) in [5.74, 6) is 0. The molecule has 1 heterocycles. The monoisotopic (exact) mass is 190 g/mol. The molecule has 1 aliphatic rings. The highest BCUT2D eigenvalue weighted by molar-refractivity contribution is 5.27. The minimum absolute atomic E-state index is 1.02. The molecular weight excluding hydrogens is 172 g/mol. The number of nitrogens with one attached hydrogen (secondary N) is 1. The van der Waals surface area contributed by atoms with Gasteiger partial charge in [-0.2, -0.15) is 0 Å². The van der Waals surface area contributed by atoms with Crippen LogP contribution in [-0.2, 0) is 13.1 Å². The van der Waals surface area contributed by atoms with Crippen LogP contribution in [0, 0.1) is 0 Å². The van der Waals surface area contributed by atoms with Crippen LogP contribution >= 0.6 is 0 Å². The maximum atomic E-state index is 3.47. The first-order valence-electron chi connectivity index (χ1n) is 5.40. The van der Waals surface area contributed by atoms with Gasteiger partial charge in [-0.3, -0.25) is 4.90 Å². The van der Waals surface area contributed by atoms with Crippen LogP contribution in [0.1, 0.15) is 18.1 Å². The Morgan fingerprint density at radius 3 is 2.86 bits per heavy atom. The van der Waals surface area contributed by atoms with Gasteiger partial charge < -0.3 is 5.32 Å². The van der Waals surface area contributed by atoms with Crippen molar-refractivity contribution in [3.63, 3.8) is 0 Å². The van der Waals surface area contributed by atoms with Gasteiger partial charge in [-0.05, 0) is 17.7 Å². The SMILES string of the molecule is CCN1CCNCc2ccccc2C1. The summed E-state index contributed by atoms with van der Waals surface area (Å²) in [5, 5.41) is 3.47. The molecule has 2 nitrogen and oxygen atoms in total. The fourth-order valence-electron chi connectivity index (χ4n) is 1.93. The second kappa shape index (κ2) is 4.58. The van der Waals surface area contributed by atoms with E-state index in [2.05, 4.69) is 41.4 Å². The Labute approximate surface area is 85.9 Å². The van der Waals surface area contributed by atoms with Crippen molar-refractivity contribution in [2.24, 2.45) is 0 Å². The quantitative estimate of drug-likeness (QED) is 0.724. The molecule has 0 saturated carbocycles. The van der Waals surface area contributed by atoms with Gasteiger partial charge in [-0.15, -0.1) is 0 Å². The van der Waals surface area contributed by atoms with Crippen molar-refractivity contribution < 1.29 is 0 Å². The standard InChI is InChI=1S/C12H18N2/c1-2-14-8-7-13-9-11-5-3-4-6-12(11)10-14/h3-6,13H,2,7-10H2,1H3. The minimum atomic E-state index is 1.02. The average Bonchev–Trinajstić information content (AvgIpc) is 2.19. The highest BCUT2D eigenvalue weighted by Crippen LogP contribution is 2.12. The Bertz CT molecular complexity index is 296. The van der Waals surface area contributed by atoms with E-state index < -0.39 is 0 Å². The average molecular weight is 190 g/mol. The molecule has 76 valence electrons. The number of nitrogens with zero attached hydrogens (tertiary/aromatic N) is 1. The van der Waals surface area contributed by atoms with Crippen molar-refractivity contribution in [1.82, 2.24) is 10.2 Å². The zero-order chi connectivity index (χ0) is 9.80. The lowest BCUT2D eigenvalue weighted by atomic mass is 10.1. The van der Waals surface area contributed by atoms with Gasteiger partial charge in [0.1, 0.15) is 0 Å². The molecule has 0 amide bonds. The number of likely N-dealkylation sites (N-methyl/N-ethyl adjacent to an activating group) is 1. The summed E-state index contributed by atoms with van der Waals surface area (Å²) in [7, 11) is 0. The summed E-state index contributed by atoms with van der Waals surface area (Å²) < 4.78 is 0. The van der Waals surface area contributed by atoms with Crippen LogP contribution in [0.2, 0.25) is 0 Å². The van der Waals surface area contributed by atoms with Crippen LogP contribution in [0.15, 0.2) is 24.3 Å². The third-order valence-corrected chi connectivity index (χ3v) is 2.88. The summed E-state index contributed by atoms with van der Waals surface area (Å²) in [6, 6.07) is 8.72. The van der Waals surface area contributed by atoms with Crippen LogP contribution in [-0.4, -0.2) is 24.5 Å². The highest BCUT2D eigenvalue weighted by Gasteiger charge is 2.09. The molecular formula is C12H18N2. The summed E-state index contributed by atoms with van der Waals surface area (Å²) in [5.41, 5.74) is 2.92. The molecule has 0 spiro atoms. The molecule has 0 fully saturated rings. The summed E-state index contributed by atoms with van der Waals surface area (Å²) in [4.78, 5) is 2.48. The summed E-state index contributed by atoms with van der Waals surface area (Å²) in [6.45, 7) is 7.75. The molecule has 1 aromatic carbocycles. The molecule has 0 bridgehead atoms. The Hall–Kier alpha value is -0.860. The Kier molecular flexibility index (Phi) is 3.17. The number of rotatable bonds is 1. The molecule has 1 N–H and O–H groups in total. The number of fused-ring (bicyclic) bond motifs is 1. The van der Waals surface area contributed by atoms with Crippen LogP contribution in [0.5, 0.6) is 0 Å². The van der Waals surface area contributed by atoms with Crippen molar-refractivity contribution in [2.45, 2.75) is 20.0 Å². The van der Waals surface area contributed by atoms with Crippen molar-refractivity contribution in [3.8, 4) is 0 Å². The van der Waals surface area contributed by atoms with Crippen molar-refractivity contribution in [3.05, 3.63) is 35.4 Å². The Balaban J connectivity index is 2.21. The molecule has 2 rings (SSSR count). The third kappa shape index (κ3) is 2.14. The van der Waals surface area contributed by atoms with Gasteiger partial charge in [-0.25, -0.2) is 0 Å². The molecule has 0 saturated heterocycles. The topological polar surface area (TPSA) is 15.3 Å². The smallest absolute Gasteiger partial charge is 0.0237 e. The van der Waals surface area contributed by atoms with Gasteiger partial charge in [0.05, 0.1) is 0 Å². The number of hydrogen-bond donors (Lipinski definition) is 1. The molecule has 0 aromatic heterocycles. The molecule has 0 aliphatic carbocycles. The van der Waals surface area contributed by atoms with E-state index in [1.807, 2.05) is 0 Å². The van der Waals surface area contributed by atoms with E-state index in [1.165, 1.54) is 11.1 Å². The maximum Gasteiger partial charge on any atom is 0.0237 e. The second-order valence-electron chi connectivity index (χ2n) is 3.81. The first kappa shape index (κ1) is 9.69. The number of hydrogen-bond acceptors (Lipinski definition) is 2. The second-order valence-corrected chi connectivity index (χ2v) is 3.81. The van der Waals surface area contributed by atoms with Gasteiger partial charge in [-0.1, -0.05) is 31.2 Å². The van der Waals surface area contributed by atoms with Crippen molar-refractivity contribution in [1.29, 1.82) is 0 Å². The zero-order valence-electron chi connectivity index (χ0n) is 8.79. The maximum absolute atomic E-state index is 3.47.